The first kappa shape index (κ1) is 10.8. The summed E-state index contributed by atoms with van der Waals surface area (Å²) in [6.45, 7) is 2.70. The van der Waals surface area contributed by atoms with Gasteiger partial charge in [0.2, 0.25) is 0 Å². The Bertz CT molecular complexity index is 686. The molecule has 0 aliphatic rings. The van der Waals surface area contributed by atoms with Gasteiger partial charge in [-0.25, -0.2) is 0 Å². The van der Waals surface area contributed by atoms with E-state index in [2.05, 4.69) is 17.2 Å². The van der Waals surface area contributed by atoms with Gasteiger partial charge in [0, 0.05) is 11.5 Å². The fourth-order valence-corrected chi connectivity index (χ4v) is 2.21. The zero-order chi connectivity index (χ0) is 12.5. The number of hydrogen-bond acceptors (Lipinski definition) is 2. The van der Waals surface area contributed by atoms with Gasteiger partial charge in [-0.15, -0.1) is 0 Å². The van der Waals surface area contributed by atoms with Gasteiger partial charge < -0.3 is 5.11 Å². The molecule has 18 heavy (non-hydrogen) atoms. The highest BCUT2D eigenvalue weighted by atomic mass is 16.3. The summed E-state index contributed by atoms with van der Waals surface area (Å²) in [7, 11) is 0. The van der Waals surface area contributed by atoms with Crippen LogP contribution in [-0.4, -0.2) is 14.9 Å². The Balaban J connectivity index is 2.09. The maximum absolute atomic E-state index is 9.59. The number of hydrogen-bond donors (Lipinski definition) is 1. The zero-order valence-corrected chi connectivity index (χ0v) is 10.2. The number of aromatic hydroxyl groups is 1. The summed E-state index contributed by atoms with van der Waals surface area (Å²) in [6.07, 6.45) is 0. The number of benzene rings is 2. The standard InChI is InChI=1S/C15H14N2O/c1-11-14-8-7-13(18)9-15(14)17(16-11)10-12-5-3-2-4-6-12/h2-9,18H,10H2,1H3. The highest BCUT2D eigenvalue weighted by Crippen LogP contribution is 2.23. The van der Waals surface area contributed by atoms with E-state index in [1.165, 1.54) is 5.56 Å². The predicted molar refractivity (Wildman–Crippen MR) is 71.7 cm³/mol. The zero-order valence-electron chi connectivity index (χ0n) is 10.2. The minimum absolute atomic E-state index is 0.275. The lowest BCUT2D eigenvalue weighted by atomic mass is 10.2. The van der Waals surface area contributed by atoms with E-state index in [1.54, 1.807) is 12.1 Å². The molecular weight excluding hydrogens is 224 g/mol. The van der Waals surface area contributed by atoms with Crippen molar-refractivity contribution in [2.45, 2.75) is 13.5 Å². The van der Waals surface area contributed by atoms with Crippen LogP contribution >= 0.6 is 0 Å². The third-order valence-corrected chi connectivity index (χ3v) is 3.10. The minimum atomic E-state index is 0.275. The second-order valence-corrected chi connectivity index (χ2v) is 4.43. The smallest absolute Gasteiger partial charge is 0.117 e. The van der Waals surface area contributed by atoms with Crippen LogP contribution in [0.3, 0.4) is 0 Å². The molecule has 3 nitrogen and oxygen atoms in total. The van der Waals surface area contributed by atoms with Crippen molar-refractivity contribution >= 4 is 10.9 Å². The van der Waals surface area contributed by atoms with Crippen LogP contribution in [0.15, 0.2) is 48.5 Å². The molecule has 0 saturated heterocycles. The molecule has 90 valence electrons. The third-order valence-electron chi connectivity index (χ3n) is 3.10. The highest BCUT2D eigenvalue weighted by Gasteiger charge is 2.08. The summed E-state index contributed by atoms with van der Waals surface area (Å²) in [5.74, 6) is 0.275. The van der Waals surface area contributed by atoms with Gasteiger partial charge in [-0.05, 0) is 24.6 Å². The van der Waals surface area contributed by atoms with Crippen LogP contribution < -0.4 is 0 Å². The van der Waals surface area contributed by atoms with Gasteiger partial charge in [0.1, 0.15) is 5.75 Å². The van der Waals surface area contributed by atoms with Crippen LogP contribution in [0.1, 0.15) is 11.3 Å². The van der Waals surface area contributed by atoms with E-state index >= 15 is 0 Å². The summed E-state index contributed by atoms with van der Waals surface area (Å²) in [5.41, 5.74) is 3.16. The number of nitrogens with zero attached hydrogens (tertiary/aromatic N) is 2. The molecule has 3 aromatic rings. The van der Waals surface area contributed by atoms with Crippen LogP contribution in [0.25, 0.3) is 10.9 Å². The van der Waals surface area contributed by atoms with Crippen molar-refractivity contribution in [2.24, 2.45) is 0 Å². The number of fused-ring (bicyclic) bond motifs is 1. The number of rotatable bonds is 2. The third kappa shape index (κ3) is 1.84. The number of phenolic OH excluding ortho intramolecular Hbond substituents is 1. The maximum atomic E-state index is 9.59. The Morgan fingerprint density at radius 1 is 1.11 bits per heavy atom. The Kier molecular flexibility index (Phi) is 2.52. The molecule has 1 heterocycles. The van der Waals surface area contributed by atoms with Crippen LogP contribution in [0.2, 0.25) is 0 Å². The van der Waals surface area contributed by atoms with Crippen molar-refractivity contribution in [3.8, 4) is 5.75 Å². The van der Waals surface area contributed by atoms with Crippen molar-refractivity contribution in [3.05, 3.63) is 59.8 Å². The lowest BCUT2D eigenvalue weighted by molar-refractivity contribution is 0.475. The van der Waals surface area contributed by atoms with Gasteiger partial charge in [0.25, 0.3) is 0 Å². The van der Waals surface area contributed by atoms with E-state index in [0.717, 1.165) is 16.6 Å². The number of aryl methyl sites for hydroxylation is 1. The van der Waals surface area contributed by atoms with Crippen LogP contribution in [0.4, 0.5) is 0 Å². The molecule has 0 amide bonds. The lowest BCUT2D eigenvalue weighted by Gasteiger charge is -2.03. The minimum Gasteiger partial charge on any atom is -0.508 e. The summed E-state index contributed by atoms with van der Waals surface area (Å²) < 4.78 is 1.93. The van der Waals surface area contributed by atoms with Gasteiger partial charge >= 0.3 is 0 Å². The average molecular weight is 238 g/mol. The van der Waals surface area contributed by atoms with E-state index in [9.17, 15) is 5.11 Å². The predicted octanol–water partition coefficient (Wildman–Crippen LogP) is 3.10. The maximum Gasteiger partial charge on any atom is 0.117 e. The Hall–Kier alpha value is -2.29. The second kappa shape index (κ2) is 4.18. The molecule has 3 rings (SSSR count). The normalized spacial score (nSPS) is 10.9. The van der Waals surface area contributed by atoms with Crippen LogP contribution in [-0.2, 0) is 6.54 Å². The largest absolute Gasteiger partial charge is 0.508 e. The molecule has 0 unspecified atom stereocenters. The quantitative estimate of drug-likeness (QED) is 0.745. The highest BCUT2D eigenvalue weighted by molar-refractivity contribution is 5.83. The molecule has 0 aliphatic carbocycles. The average Bonchev–Trinajstić information content (AvgIpc) is 2.67. The molecule has 0 radical (unpaired) electrons. The molecule has 1 aromatic heterocycles. The first-order valence-electron chi connectivity index (χ1n) is 5.94. The van der Waals surface area contributed by atoms with Crippen LogP contribution in [0, 0.1) is 6.92 Å². The Morgan fingerprint density at radius 2 is 1.89 bits per heavy atom. The Morgan fingerprint density at radius 3 is 2.67 bits per heavy atom. The van der Waals surface area contributed by atoms with Gasteiger partial charge in [0.05, 0.1) is 17.8 Å². The fourth-order valence-electron chi connectivity index (χ4n) is 2.21. The Labute approximate surface area is 105 Å². The summed E-state index contributed by atoms with van der Waals surface area (Å²) in [6, 6.07) is 15.6. The molecule has 3 heteroatoms. The van der Waals surface area contributed by atoms with Gasteiger partial charge in [0.15, 0.2) is 0 Å². The topological polar surface area (TPSA) is 38.0 Å². The van der Waals surface area contributed by atoms with Gasteiger partial charge in [-0.2, -0.15) is 5.10 Å². The van der Waals surface area contributed by atoms with Gasteiger partial charge in [-0.1, -0.05) is 30.3 Å². The monoisotopic (exact) mass is 238 g/mol. The molecule has 0 fully saturated rings. The fraction of sp³-hybridized carbons (Fsp3) is 0.133. The first-order chi connectivity index (χ1) is 8.74. The molecule has 1 N–H and O–H groups in total. The van der Waals surface area contributed by atoms with Gasteiger partial charge in [-0.3, -0.25) is 4.68 Å². The summed E-state index contributed by atoms with van der Waals surface area (Å²) in [5, 5.41) is 15.2. The molecule has 0 aliphatic heterocycles. The van der Waals surface area contributed by atoms with Crippen molar-refractivity contribution in [3.63, 3.8) is 0 Å². The lowest BCUT2D eigenvalue weighted by Crippen LogP contribution is -2.01. The second-order valence-electron chi connectivity index (χ2n) is 4.43. The van der Waals surface area contributed by atoms with Crippen molar-refractivity contribution in [1.82, 2.24) is 9.78 Å². The van der Waals surface area contributed by atoms with Crippen molar-refractivity contribution in [1.29, 1.82) is 0 Å². The van der Waals surface area contributed by atoms with Crippen LogP contribution in [0.5, 0.6) is 5.75 Å². The van der Waals surface area contributed by atoms with Crippen molar-refractivity contribution in [2.75, 3.05) is 0 Å². The summed E-state index contributed by atoms with van der Waals surface area (Å²) in [4.78, 5) is 0. The SMILES string of the molecule is Cc1nn(Cc2ccccc2)c2cc(O)ccc12. The molecule has 0 saturated carbocycles. The molecular formula is C15H14N2O. The number of phenols is 1. The molecule has 2 aromatic carbocycles. The number of aromatic nitrogens is 2. The van der Waals surface area contributed by atoms with E-state index in [0.29, 0.717) is 6.54 Å². The first-order valence-corrected chi connectivity index (χ1v) is 5.94. The molecule has 0 spiro atoms. The van der Waals surface area contributed by atoms with E-state index in [-0.39, 0.29) is 5.75 Å². The summed E-state index contributed by atoms with van der Waals surface area (Å²) >= 11 is 0. The van der Waals surface area contributed by atoms with Crippen molar-refractivity contribution < 1.29 is 5.11 Å². The van der Waals surface area contributed by atoms with E-state index < -0.39 is 0 Å². The van der Waals surface area contributed by atoms with E-state index in [4.69, 9.17) is 0 Å². The van der Waals surface area contributed by atoms with E-state index in [1.807, 2.05) is 35.9 Å². The molecule has 0 bridgehead atoms. The molecule has 0 atom stereocenters.